The standard InChI is InChI=1S/C13H16N2O2/c1-9(2)10-5-3-4-6-11(10)12-7-8-15(14-12)13(16)17/h3-6,9H,7-8H2,1-2H3,(H,16,17). The second-order valence-electron chi connectivity index (χ2n) is 4.44. The van der Waals surface area contributed by atoms with E-state index >= 15 is 0 Å². The minimum Gasteiger partial charge on any atom is -0.464 e. The Kier molecular flexibility index (Phi) is 3.13. The molecule has 4 nitrogen and oxygen atoms in total. The molecule has 1 heterocycles. The fourth-order valence-electron chi connectivity index (χ4n) is 2.05. The van der Waals surface area contributed by atoms with Crippen molar-refractivity contribution in [3.63, 3.8) is 0 Å². The number of carboxylic acid groups (broad SMARTS) is 1. The summed E-state index contributed by atoms with van der Waals surface area (Å²) in [6, 6.07) is 8.06. The molecule has 1 aliphatic rings. The van der Waals surface area contributed by atoms with E-state index in [1.54, 1.807) is 0 Å². The van der Waals surface area contributed by atoms with Crippen LogP contribution in [0.15, 0.2) is 29.4 Å². The first-order valence-electron chi connectivity index (χ1n) is 5.77. The van der Waals surface area contributed by atoms with Crippen LogP contribution in [0.1, 0.15) is 37.3 Å². The van der Waals surface area contributed by atoms with Crippen LogP contribution in [0.5, 0.6) is 0 Å². The molecule has 0 fully saturated rings. The van der Waals surface area contributed by atoms with Gasteiger partial charge in [-0.2, -0.15) is 10.1 Å². The lowest BCUT2D eigenvalue weighted by molar-refractivity contribution is 0.152. The third-order valence-corrected chi connectivity index (χ3v) is 2.92. The van der Waals surface area contributed by atoms with Crippen molar-refractivity contribution in [2.45, 2.75) is 26.2 Å². The highest BCUT2D eigenvalue weighted by Crippen LogP contribution is 2.23. The molecule has 1 aliphatic heterocycles. The van der Waals surface area contributed by atoms with Gasteiger partial charge in [-0.15, -0.1) is 0 Å². The first-order valence-corrected chi connectivity index (χ1v) is 5.77. The average Bonchev–Trinajstić information content (AvgIpc) is 2.78. The molecule has 17 heavy (non-hydrogen) atoms. The van der Waals surface area contributed by atoms with Gasteiger partial charge in [-0.3, -0.25) is 0 Å². The minimum absolute atomic E-state index is 0.410. The highest BCUT2D eigenvalue weighted by atomic mass is 16.4. The average molecular weight is 232 g/mol. The summed E-state index contributed by atoms with van der Waals surface area (Å²) in [5.74, 6) is 0.410. The highest BCUT2D eigenvalue weighted by Gasteiger charge is 2.22. The van der Waals surface area contributed by atoms with Crippen molar-refractivity contribution in [3.8, 4) is 0 Å². The van der Waals surface area contributed by atoms with Crippen LogP contribution >= 0.6 is 0 Å². The molecule has 0 bridgehead atoms. The number of hydrazone groups is 1. The molecule has 1 N–H and O–H groups in total. The van der Waals surface area contributed by atoms with E-state index in [1.165, 1.54) is 5.56 Å². The van der Waals surface area contributed by atoms with Crippen molar-refractivity contribution < 1.29 is 9.90 Å². The Morgan fingerprint density at radius 1 is 1.41 bits per heavy atom. The SMILES string of the molecule is CC(C)c1ccccc1C1=NN(C(=O)O)CC1. The van der Waals surface area contributed by atoms with Gasteiger partial charge >= 0.3 is 6.09 Å². The summed E-state index contributed by atoms with van der Waals surface area (Å²) in [4.78, 5) is 10.8. The quantitative estimate of drug-likeness (QED) is 0.852. The number of nitrogens with zero attached hydrogens (tertiary/aromatic N) is 2. The Bertz CT molecular complexity index is 466. The summed E-state index contributed by atoms with van der Waals surface area (Å²) in [5, 5.41) is 14.1. The zero-order valence-corrected chi connectivity index (χ0v) is 10.1. The molecule has 4 heteroatoms. The minimum atomic E-state index is -0.984. The van der Waals surface area contributed by atoms with Crippen LogP contribution in [-0.4, -0.2) is 28.5 Å². The van der Waals surface area contributed by atoms with Crippen LogP contribution in [0.3, 0.4) is 0 Å². The number of amides is 1. The largest absolute Gasteiger partial charge is 0.464 e. The van der Waals surface area contributed by atoms with Crippen LogP contribution in [0, 0.1) is 0 Å². The van der Waals surface area contributed by atoms with Crippen LogP contribution in [0.4, 0.5) is 4.79 Å². The van der Waals surface area contributed by atoms with Crippen molar-refractivity contribution >= 4 is 11.8 Å². The van der Waals surface area contributed by atoms with Gasteiger partial charge in [0.25, 0.3) is 0 Å². The summed E-state index contributed by atoms with van der Waals surface area (Å²) in [6.07, 6.45) is -0.294. The van der Waals surface area contributed by atoms with E-state index < -0.39 is 6.09 Å². The van der Waals surface area contributed by atoms with Crippen molar-refractivity contribution in [2.75, 3.05) is 6.54 Å². The van der Waals surface area contributed by atoms with Crippen molar-refractivity contribution in [1.82, 2.24) is 5.01 Å². The van der Waals surface area contributed by atoms with E-state index in [9.17, 15) is 4.79 Å². The molecule has 0 aromatic heterocycles. The molecule has 2 rings (SSSR count). The van der Waals surface area contributed by atoms with Gasteiger partial charge in [-0.1, -0.05) is 38.1 Å². The molecule has 0 radical (unpaired) electrons. The maximum atomic E-state index is 10.8. The van der Waals surface area contributed by atoms with Gasteiger partial charge in [-0.25, -0.2) is 4.79 Å². The molecule has 0 saturated heterocycles. The van der Waals surface area contributed by atoms with E-state index in [-0.39, 0.29) is 0 Å². The molecule has 0 spiro atoms. The summed E-state index contributed by atoms with van der Waals surface area (Å²) in [5.41, 5.74) is 3.17. The smallest absolute Gasteiger partial charge is 0.427 e. The Balaban J connectivity index is 2.36. The second kappa shape index (κ2) is 4.57. The normalized spacial score (nSPS) is 15.2. The summed E-state index contributed by atoms with van der Waals surface area (Å²) >= 11 is 0. The van der Waals surface area contributed by atoms with Gasteiger partial charge in [0.1, 0.15) is 0 Å². The molecule has 0 saturated carbocycles. The Morgan fingerprint density at radius 2 is 2.12 bits per heavy atom. The van der Waals surface area contributed by atoms with Gasteiger partial charge in [0.05, 0.1) is 12.3 Å². The van der Waals surface area contributed by atoms with Crippen LogP contribution < -0.4 is 0 Å². The lowest BCUT2D eigenvalue weighted by Crippen LogP contribution is -2.20. The summed E-state index contributed by atoms with van der Waals surface area (Å²) in [7, 11) is 0. The third-order valence-electron chi connectivity index (χ3n) is 2.92. The lowest BCUT2D eigenvalue weighted by atomic mass is 9.94. The predicted molar refractivity (Wildman–Crippen MR) is 66.4 cm³/mol. The summed E-state index contributed by atoms with van der Waals surface area (Å²) < 4.78 is 0. The molecule has 0 unspecified atom stereocenters. The zero-order valence-electron chi connectivity index (χ0n) is 10.1. The molecule has 1 aromatic rings. The number of carbonyl (C=O) groups is 1. The number of hydrogen-bond acceptors (Lipinski definition) is 2. The highest BCUT2D eigenvalue weighted by molar-refractivity contribution is 6.03. The van der Waals surface area contributed by atoms with Crippen molar-refractivity contribution in [3.05, 3.63) is 35.4 Å². The Hall–Kier alpha value is -1.84. The Morgan fingerprint density at radius 3 is 2.71 bits per heavy atom. The maximum absolute atomic E-state index is 10.8. The fraction of sp³-hybridized carbons (Fsp3) is 0.385. The summed E-state index contributed by atoms with van der Waals surface area (Å²) in [6.45, 7) is 4.71. The van der Waals surface area contributed by atoms with E-state index in [2.05, 4.69) is 25.0 Å². The molecule has 90 valence electrons. The van der Waals surface area contributed by atoms with Crippen LogP contribution in [-0.2, 0) is 0 Å². The van der Waals surface area contributed by atoms with E-state index in [4.69, 9.17) is 5.11 Å². The molecule has 1 aromatic carbocycles. The molecule has 1 amide bonds. The van der Waals surface area contributed by atoms with E-state index in [0.717, 1.165) is 16.3 Å². The van der Waals surface area contributed by atoms with E-state index in [0.29, 0.717) is 18.9 Å². The molecular formula is C13H16N2O2. The van der Waals surface area contributed by atoms with Gasteiger partial charge < -0.3 is 5.11 Å². The van der Waals surface area contributed by atoms with Crippen molar-refractivity contribution in [2.24, 2.45) is 5.10 Å². The molecular weight excluding hydrogens is 216 g/mol. The third kappa shape index (κ3) is 2.30. The van der Waals surface area contributed by atoms with Crippen LogP contribution in [0.25, 0.3) is 0 Å². The maximum Gasteiger partial charge on any atom is 0.427 e. The number of hydrogen-bond donors (Lipinski definition) is 1. The predicted octanol–water partition coefficient (Wildman–Crippen LogP) is 2.90. The van der Waals surface area contributed by atoms with Crippen molar-refractivity contribution in [1.29, 1.82) is 0 Å². The zero-order chi connectivity index (χ0) is 12.4. The van der Waals surface area contributed by atoms with E-state index in [1.807, 2.05) is 18.2 Å². The number of benzene rings is 1. The van der Waals surface area contributed by atoms with Gasteiger partial charge in [0.15, 0.2) is 0 Å². The molecule has 0 atom stereocenters. The Labute approximate surface area is 101 Å². The first-order chi connectivity index (χ1) is 8.09. The van der Waals surface area contributed by atoms with Crippen LogP contribution in [0.2, 0.25) is 0 Å². The lowest BCUT2D eigenvalue weighted by Gasteiger charge is -2.11. The monoisotopic (exact) mass is 232 g/mol. The van der Waals surface area contributed by atoms with Gasteiger partial charge in [-0.05, 0) is 11.5 Å². The first kappa shape index (κ1) is 11.6. The molecule has 0 aliphatic carbocycles. The topological polar surface area (TPSA) is 52.9 Å². The van der Waals surface area contributed by atoms with Gasteiger partial charge in [0.2, 0.25) is 0 Å². The number of rotatable bonds is 2. The second-order valence-corrected chi connectivity index (χ2v) is 4.44. The fourth-order valence-corrected chi connectivity index (χ4v) is 2.05. The van der Waals surface area contributed by atoms with Gasteiger partial charge in [0, 0.05) is 12.0 Å².